The van der Waals surface area contributed by atoms with Crippen LogP contribution in [0.4, 0.5) is 0 Å². The predicted octanol–water partition coefficient (Wildman–Crippen LogP) is 6.76. The highest BCUT2D eigenvalue weighted by molar-refractivity contribution is 7.65. The van der Waals surface area contributed by atoms with Gasteiger partial charge in [-0.3, -0.25) is 0 Å². The summed E-state index contributed by atoms with van der Waals surface area (Å²) in [7, 11) is -0.158. The van der Waals surface area contributed by atoms with Crippen LogP contribution in [0.1, 0.15) is 51.2 Å². The van der Waals surface area contributed by atoms with E-state index in [2.05, 4.69) is 82.3 Å². The first-order valence-corrected chi connectivity index (χ1v) is 11.5. The Morgan fingerprint density at radius 2 is 1.64 bits per heavy atom. The molecule has 25 heavy (non-hydrogen) atoms. The Labute approximate surface area is 155 Å². The molecule has 0 amide bonds. The zero-order valence-corrected chi connectivity index (χ0v) is 17.2. The van der Waals surface area contributed by atoms with Crippen molar-refractivity contribution in [2.45, 2.75) is 58.8 Å². The van der Waals surface area contributed by atoms with Crippen molar-refractivity contribution >= 4 is 13.2 Å². The van der Waals surface area contributed by atoms with Gasteiger partial charge in [-0.2, -0.15) is 0 Å². The van der Waals surface area contributed by atoms with E-state index in [0.29, 0.717) is 0 Å². The molecule has 0 aliphatic heterocycles. The molecule has 1 aliphatic rings. The van der Waals surface area contributed by atoms with Gasteiger partial charge in [0.25, 0.3) is 0 Å². The Morgan fingerprint density at radius 1 is 0.960 bits per heavy atom. The van der Waals surface area contributed by atoms with Gasteiger partial charge in [0.2, 0.25) is 0 Å². The van der Waals surface area contributed by atoms with Crippen molar-refractivity contribution in [2.24, 2.45) is 17.8 Å². The maximum Gasteiger partial charge on any atom is -0.00302 e. The zero-order chi connectivity index (χ0) is 17.8. The maximum absolute atomic E-state index is 2.47. The van der Waals surface area contributed by atoms with Crippen molar-refractivity contribution in [3.63, 3.8) is 0 Å². The van der Waals surface area contributed by atoms with Crippen LogP contribution >= 0.6 is 7.92 Å². The highest BCUT2D eigenvalue weighted by Gasteiger charge is 2.36. The SMILES string of the molecule is Cc1ccc(CP(c2ccccc2)C2CC(C)CCC2C(C)C)cc1. The van der Waals surface area contributed by atoms with Crippen LogP contribution in [0.5, 0.6) is 0 Å². The van der Waals surface area contributed by atoms with Gasteiger partial charge in [-0.05, 0) is 60.2 Å². The molecule has 1 saturated carbocycles. The van der Waals surface area contributed by atoms with E-state index in [4.69, 9.17) is 0 Å². The number of rotatable bonds is 5. The van der Waals surface area contributed by atoms with E-state index >= 15 is 0 Å². The predicted molar refractivity (Wildman–Crippen MR) is 113 cm³/mol. The van der Waals surface area contributed by atoms with E-state index in [0.717, 1.165) is 23.4 Å². The molecule has 0 N–H and O–H groups in total. The summed E-state index contributed by atoms with van der Waals surface area (Å²) in [5.74, 6) is 2.56. The summed E-state index contributed by atoms with van der Waals surface area (Å²) >= 11 is 0. The summed E-state index contributed by atoms with van der Waals surface area (Å²) in [5.41, 5.74) is 3.74. The summed E-state index contributed by atoms with van der Waals surface area (Å²) in [4.78, 5) is 0. The largest absolute Gasteiger partial charge is 0.0674 e. The first-order chi connectivity index (χ1) is 12.0. The molecule has 0 saturated heterocycles. The van der Waals surface area contributed by atoms with Crippen LogP contribution in [0.25, 0.3) is 0 Å². The Hall–Kier alpha value is -1.13. The molecule has 2 aromatic rings. The van der Waals surface area contributed by atoms with Gasteiger partial charge in [-0.25, -0.2) is 0 Å². The molecule has 0 bridgehead atoms. The second-order valence-corrected chi connectivity index (χ2v) is 10.8. The van der Waals surface area contributed by atoms with Gasteiger partial charge in [0.1, 0.15) is 0 Å². The van der Waals surface area contributed by atoms with E-state index in [1.54, 1.807) is 5.30 Å². The van der Waals surface area contributed by atoms with E-state index in [9.17, 15) is 0 Å². The summed E-state index contributed by atoms with van der Waals surface area (Å²) in [6.07, 6.45) is 5.49. The number of hydrogen-bond acceptors (Lipinski definition) is 0. The maximum atomic E-state index is 2.47. The molecule has 0 aromatic heterocycles. The Balaban J connectivity index is 1.93. The van der Waals surface area contributed by atoms with Gasteiger partial charge in [0.05, 0.1) is 0 Å². The molecule has 0 nitrogen and oxygen atoms in total. The van der Waals surface area contributed by atoms with Gasteiger partial charge in [0.15, 0.2) is 0 Å². The van der Waals surface area contributed by atoms with Gasteiger partial charge >= 0.3 is 0 Å². The smallest absolute Gasteiger partial charge is 0.00302 e. The summed E-state index contributed by atoms with van der Waals surface area (Å²) in [5, 5.41) is 1.60. The average Bonchev–Trinajstić information content (AvgIpc) is 2.61. The summed E-state index contributed by atoms with van der Waals surface area (Å²) in [6.45, 7) is 9.53. The minimum absolute atomic E-state index is 0.158. The highest BCUT2D eigenvalue weighted by atomic mass is 31.1. The molecule has 0 spiro atoms. The third-order valence-corrected chi connectivity index (χ3v) is 9.01. The van der Waals surface area contributed by atoms with Crippen molar-refractivity contribution in [1.29, 1.82) is 0 Å². The molecule has 0 heterocycles. The summed E-state index contributed by atoms with van der Waals surface area (Å²) < 4.78 is 0. The Morgan fingerprint density at radius 3 is 2.28 bits per heavy atom. The van der Waals surface area contributed by atoms with Crippen LogP contribution in [0, 0.1) is 24.7 Å². The number of benzene rings is 2. The minimum Gasteiger partial charge on any atom is -0.0674 e. The molecular weight excluding hydrogens is 319 g/mol. The molecule has 1 aliphatic carbocycles. The normalized spacial score (nSPS) is 25.1. The summed E-state index contributed by atoms with van der Waals surface area (Å²) in [6, 6.07) is 20.6. The quantitative estimate of drug-likeness (QED) is 0.521. The van der Waals surface area contributed by atoms with Gasteiger partial charge < -0.3 is 0 Å². The van der Waals surface area contributed by atoms with Gasteiger partial charge in [-0.1, -0.05) is 95.3 Å². The lowest BCUT2D eigenvalue weighted by molar-refractivity contribution is 0.241. The van der Waals surface area contributed by atoms with E-state index < -0.39 is 0 Å². The monoisotopic (exact) mass is 352 g/mol. The van der Waals surface area contributed by atoms with Crippen LogP contribution in [-0.2, 0) is 6.16 Å². The van der Waals surface area contributed by atoms with Crippen LogP contribution in [-0.4, -0.2) is 5.66 Å². The van der Waals surface area contributed by atoms with E-state index in [-0.39, 0.29) is 7.92 Å². The standard InChI is InChI=1S/C24H33P/c1-18(2)23-15-12-20(4)16-24(23)25(22-8-6-5-7-9-22)17-21-13-10-19(3)11-14-21/h5-11,13-14,18,20,23-24H,12,15-17H2,1-4H3. The van der Waals surface area contributed by atoms with Crippen molar-refractivity contribution in [2.75, 3.05) is 0 Å². The number of aryl methyl sites for hydroxylation is 1. The molecule has 134 valence electrons. The van der Waals surface area contributed by atoms with Crippen molar-refractivity contribution in [3.05, 3.63) is 65.7 Å². The van der Waals surface area contributed by atoms with E-state index in [1.165, 1.54) is 36.6 Å². The average molecular weight is 353 g/mol. The molecule has 1 fully saturated rings. The highest BCUT2D eigenvalue weighted by Crippen LogP contribution is 2.54. The van der Waals surface area contributed by atoms with E-state index in [1.807, 2.05) is 0 Å². The Kier molecular flexibility index (Phi) is 6.34. The molecule has 3 rings (SSSR count). The molecule has 0 radical (unpaired) electrons. The molecule has 2 aromatic carbocycles. The fraction of sp³-hybridized carbons (Fsp3) is 0.500. The third-order valence-electron chi connectivity index (χ3n) is 5.95. The van der Waals surface area contributed by atoms with Crippen LogP contribution < -0.4 is 5.30 Å². The fourth-order valence-electron chi connectivity index (χ4n) is 4.42. The number of hydrogen-bond donors (Lipinski definition) is 0. The fourth-order valence-corrected chi connectivity index (χ4v) is 7.95. The Bertz CT molecular complexity index is 644. The molecule has 4 atom stereocenters. The second-order valence-electron chi connectivity index (χ2n) is 8.34. The molecule has 1 heteroatoms. The van der Waals surface area contributed by atoms with Crippen LogP contribution in [0.3, 0.4) is 0 Å². The second kappa shape index (κ2) is 8.50. The topological polar surface area (TPSA) is 0 Å². The van der Waals surface area contributed by atoms with Crippen LogP contribution in [0.15, 0.2) is 54.6 Å². The molecule has 4 unspecified atom stereocenters. The lowest BCUT2D eigenvalue weighted by Crippen LogP contribution is -2.33. The first kappa shape index (κ1) is 18.7. The lowest BCUT2D eigenvalue weighted by atomic mass is 9.77. The lowest BCUT2D eigenvalue weighted by Gasteiger charge is -2.42. The van der Waals surface area contributed by atoms with Crippen molar-refractivity contribution in [3.8, 4) is 0 Å². The third kappa shape index (κ3) is 4.73. The first-order valence-electron chi connectivity index (χ1n) is 9.92. The molecular formula is C24H33P. The van der Waals surface area contributed by atoms with Crippen LogP contribution in [0.2, 0.25) is 0 Å². The van der Waals surface area contributed by atoms with Gasteiger partial charge in [0, 0.05) is 0 Å². The van der Waals surface area contributed by atoms with Crippen molar-refractivity contribution < 1.29 is 0 Å². The van der Waals surface area contributed by atoms with Gasteiger partial charge in [-0.15, -0.1) is 0 Å². The minimum atomic E-state index is -0.158. The zero-order valence-electron chi connectivity index (χ0n) is 16.3. The van der Waals surface area contributed by atoms with Crippen molar-refractivity contribution in [1.82, 2.24) is 0 Å².